The van der Waals surface area contributed by atoms with E-state index in [1.807, 2.05) is 0 Å². The molecule has 6 nitrogen and oxygen atoms in total. The lowest BCUT2D eigenvalue weighted by Gasteiger charge is -1.98. The standard InChI is InChI=1S/C7H9N5O/c1-8-7-10-5-4(6(13)11-7)3-9-12(5)2/h3H,1-2H3,(H2,8,10,11,13). The summed E-state index contributed by atoms with van der Waals surface area (Å²) in [6.45, 7) is 0. The number of hydrogen-bond acceptors (Lipinski definition) is 4. The SMILES string of the molecule is CNc1nc2c(cnn2C)c(=O)[nH]1. The van der Waals surface area contributed by atoms with Crippen LogP contribution in [0.5, 0.6) is 0 Å². The Morgan fingerprint density at radius 2 is 2.38 bits per heavy atom. The molecule has 2 heterocycles. The van der Waals surface area contributed by atoms with E-state index < -0.39 is 0 Å². The number of anilines is 1. The molecule has 0 aromatic carbocycles. The average Bonchev–Trinajstić information content (AvgIpc) is 2.48. The molecule has 0 radical (unpaired) electrons. The topological polar surface area (TPSA) is 75.6 Å². The molecule has 68 valence electrons. The highest BCUT2D eigenvalue weighted by Gasteiger charge is 2.05. The summed E-state index contributed by atoms with van der Waals surface area (Å²) in [5.74, 6) is 0.445. The third-order valence-corrected chi connectivity index (χ3v) is 1.84. The fourth-order valence-electron chi connectivity index (χ4n) is 1.15. The highest BCUT2D eigenvalue weighted by Crippen LogP contribution is 2.05. The van der Waals surface area contributed by atoms with Gasteiger partial charge in [-0.25, -0.2) is 0 Å². The zero-order valence-corrected chi connectivity index (χ0v) is 7.33. The van der Waals surface area contributed by atoms with Crippen molar-refractivity contribution in [3.05, 3.63) is 16.6 Å². The Balaban J connectivity index is 2.88. The molecule has 0 aliphatic carbocycles. The fourth-order valence-corrected chi connectivity index (χ4v) is 1.15. The molecule has 2 aromatic rings. The Hall–Kier alpha value is -1.85. The van der Waals surface area contributed by atoms with E-state index in [2.05, 4.69) is 20.4 Å². The highest BCUT2D eigenvalue weighted by molar-refractivity contribution is 5.74. The van der Waals surface area contributed by atoms with E-state index in [4.69, 9.17) is 0 Å². The number of nitrogens with one attached hydrogen (secondary N) is 2. The molecule has 0 spiro atoms. The van der Waals surface area contributed by atoms with Crippen molar-refractivity contribution in [1.82, 2.24) is 19.7 Å². The van der Waals surface area contributed by atoms with Crippen molar-refractivity contribution in [2.75, 3.05) is 12.4 Å². The van der Waals surface area contributed by atoms with Crippen LogP contribution in [0.15, 0.2) is 11.0 Å². The van der Waals surface area contributed by atoms with Crippen LogP contribution in [0.3, 0.4) is 0 Å². The zero-order chi connectivity index (χ0) is 9.42. The normalized spacial score (nSPS) is 10.6. The van der Waals surface area contributed by atoms with Gasteiger partial charge in [0.15, 0.2) is 5.65 Å². The Morgan fingerprint density at radius 3 is 3.08 bits per heavy atom. The molecule has 0 fully saturated rings. The van der Waals surface area contributed by atoms with Crippen molar-refractivity contribution in [1.29, 1.82) is 0 Å². The van der Waals surface area contributed by atoms with Gasteiger partial charge in [0.1, 0.15) is 5.39 Å². The predicted molar refractivity (Wildman–Crippen MR) is 48.7 cm³/mol. The lowest BCUT2D eigenvalue weighted by molar-refractivity contribution is 0.785. The van der Waals surface area contributed by atoms with Gasteiger partial charge in [0.05, 0.1) is 6.20 Å². The van der Waals surface area contributed by atoms with Gasteiger partial charge < -0.3 is 5.32 Å². The smallest absolute Gasteiger partial charge is 0.263 e. The number of nitrogens with zero attached hydrogens (tertiary/aromatic N) is 3. The minimum Gasteiger partial charge on any atom is -0.359 e. The predicted octanol–water partition coefficient (Wildman–Crippen LogP) is -0.302. The van der Waals surface area contributed by atoms with Crippen LogP contribution < -0.4 is 10.9 Å². The van der Waals surface area contributed by atoms with E-state index in [1.165, 1.54) is 6.20 Å². The number of H-pyrrole nitrogens is 1. The molecular formula is C7H9N5O. The van der Waals surface area contributed by atoms with Crippen LogP contribution >= 0.6 is 0 Å². The van der Waals surface area contributed by atoms with E-state index in [0.717, 1.165) is 0 Å². The highest BCUT2D eigenvalue weighted by atomic mass is 16.1. The summed E-state index contributed by atoms with van der Waals surface area (Å²) >= 11 is 0. The first-order valence-corrected chi connectivity index (χ1v) is 3.82. The van der Waals surface area contributed by atoms with E-state index in [-0.39, 0.29) is 5.56 Å². The van der Waals surface area contributed by atoms with Crippen molar-refractivity contribution in [3.63, 3.8) is 0 Å². The molecule has 0 unspecified atom stereocenters. The Morgan fingerprint density at radius 1 is 1.62 bits per heavy atom. The molecule has 2 N–H and O–H groups in total. The molecule has 2 aromatic heterocycles. The molecule has 13 heavy (non-hydrogen) atoms. The Bertz CT molecular complexity index is 497. The number of aryl methyl sites for hydroxylation is 1. The number of rotatable bonds is 1. The second kappa shape index (κ2) is 2.58. The maximum Gasteiger partial charge on any atom is 0.263 e. The van der Waals surface area contributed by atoms with Gasteiger partial charge >= 0.3 is 0 Å². The lowest BCUT2D eigenvalue weighted by Crippen LogP contribution is -2.11. The minimum atomic E-state index is -0.178. The van der Waals surface area contributed by atoms with Gasteiger partial charge in [0, 0.05) is 14.1 Å². The summed E-state index contributed by atoms with van der Waals surface area (Å²) in [4.78, 5) is 18.1. The first kappa shape index (κ1) is 7.78. The molecule has 0 saturated carbocycles. The maximum atomic E-state index is 11.4. The molecular weight excluding hydrogens is 170 g/mol. The molecule has 6 heteroatoms. The first-order valence-electron chi connectivity index (χ1n) is 3.82. The van der Waals surface area contributed by atoms with E-state index in [1.54, 1.807) is 18.8 Å². The van der Waals surface area contributed by atoms with Crippen molar-refractivity contribution >= 4 is 17.0 Å². The van der Waals surface area contributed by atoms with Gasteiger partial charge in [-0.2, -0.15) is 10.1 Å². The van der Waals surface area contributed by atoms with Crippen molar-refractivity contribution in [3.8, 4) is 0 Å². The van der Waals surface area contributed by atoms with Crippen LogP contribution in [-0.2, 0) is 7.05 Å². The monoisotopic (exact) mass is 179 g/mol. The summed E-state index contributed by atoms with van der Waals surface area (Å²) < 4.78 is 1.56. The van der Waals surface area contributed by atoms with Crippen LogP contribution in [0.4, 0.5) is 5.95 Å². The average molecular weight is 179 g/mol. The third-order valence-electron chi connectivity index (χ3n) is 1.84. The number of fused-ring (bicyclic) bond motifs is 1. The molecule has 0 saturated heterocycles. The molecule has 0 aliphatic rings. The quantitative estimate of drug-likeness (QED) is 0.630. The number of aromatic amines is 1. The zero-order valence-electron chi connectivity index (χ0n) is 7.33. The summed E-state index contributed by atoms with van der Waals surface area (Å²) in [7, 11) is 3.44. The molecule has 0 bridgehead atoms. The summed E-state index contributed by atoms with van der Waals surface area (Å²) in [5.41, 5.74) is 0.399. The Kier molecular flexibility index (Phi) is 1.54. The van der Waals surface area contributed by atoms with Crippen LogP contribution in [0, 0.1) is 0 Å². The fraction of sp³-hybridized carbons (Fsp3) is 0.286. The third kappa shape index (κ3) is 1.07. The van der Waals surface area contributed by atoms with Crippen molar-refractivity contribution < 1.29 is 0 Å². The maximum absolute atomic E-state index is 11.4. The second-order valence-corrected chi connectivity index (χ2v) is 2.67. The van der Waals surface area contributed by atoms with Crippen molar-refractivity contribution in [2.45, 2.75) is 0 Å². The van der Waals surface area contributed by atoms with Gasteiger partial charge in [-0.3, -0.25) is 14.5 Å². The van der Waals surface area contributed by atoms with Gasteiger partial charge in [-0.05, 0) is 0 Å². The van der Waals surface area contributed by atoms with E-state index in [9.17, 15) is 4.79 Å². The van der Waals surface area contributed by atoms with Gasteiger partial charge in [-0.1, -0.05) is 0 Å². The lowest BCUT2D eigenvalue weighted by atomic mass is 10.4. The molecule has 0 amide bonds. The summed E-state index contributed by atoms with van der Waals surface area (Å²) in [6.07, 6.45) is 1.50. The number of aromatic nitrogens is 4. The minimum absolute atomic E-state index is 0.178. The van der Waals surface area contributed by atoms with Gasteiger partial charge in [0.25, 0.3) is 5.56 Å². The van der Waals surface area contributed by atoms with Crippen molar-refractivity contribution in [2.24, 2.45) is 7.05 Å². The second-order valence-electron chi connectivity index (χ2n) is 2.67. The molecule has 2 rings (SSSR count). The van der Waals surface area contributed by atoms with Crippen LogP contribution in [0.1, 0.15) is 0 Å². The largest absolute Gasteiger partial charge is 0.359 e. The number of hydrogen-bond donors (Lipinski definition) is 2. The Labute approximate surface area is 73.6 Å². The van der Waals surface area contributed by atoms with Gasteiger partial charge in [0.2, 0.25) is 5.95 Å². The molecule has 0 atom stereocenters. The van der Waals surface area contributed by atoms with Crippen LogP contribution in [0.2, 0.25) is 0 Å². The van der Waals surface area contributed by atoms with Crippen LogP contribution in [0.25, 0.3) is 11.0 Å². The van der Waals surface area contributed by atoms with Gasteiger partial charge in [-0.15, -0.1) is 0 Å². The van der Waals surface area contributed by atoms with Crippen LogP contribution in [-0.4, -0.2) is 26.8 Å². The summed E-state index contributed by atoms with van der Waals surface area (Å²) in [6, 6.07) is 0. The van der Waals surface area contributed by atoms with E-state index >= 15 is 0 Å². The molecule has 0 aliphatic heterocycles. The van der Waals surface area contributed by atoms with E-state index in [0.29, 0.717) is 17.0 Å². The summed E-state index contributed by atoms with van der Waals surface area (Å²) in [5, 5.41) is 7.21. The first-order chi connectivity index (χ1) is 6.22.